The molecule has 0 aliphatic rings. The summed E-state index contributed by atoms with van der Waals surface area (Å²) in [6.07, 6.45) is 1.34. The Morgan fingerprint density at radius 1 is 1.16 bits per heavy atom. The molecule has 2 rings (SSSR count). The third kappa shape index (κ3) is 2.93. The highest BCUT2D eigenvalue weighted by Gasteiger charge is 2.14. The summed E-state index contributed by atoms with van der Waals surface area (Å²) in [6.45, 7) is 0. The van der Waals surface area contributed by atoms with Crippen LogP contribution in [0.3, 0.4) is 0 Å². The van der Waals surface area contributed by atoms with Crippen molar-refractivity contribution in [3.8, 4) is 0 Å². The van der Waals surface area contributed by atoms with Crippen molar-refractivity contribution in [3.05, 3.63) is 40.3 Å². The molecule has 0 aliphatic carbocycles. The lowest BCUT2D eigenvalue weighted by atomic mass is 10.2. The van der Waals surface area contributed by atoms with Gasteiger partial charge < -0.3 is 5.32 Å². The van der Waals surface area contributed by atoms with E-state index in [1.54, 1.807) is 0 Å². The molecule has 0 saturated heterocycles. The Balaban J connectivity index is 2.41. The maximum Gasteiger partial charge on any atom is 0.239 e. The van der Waals surface area contributed by atoms with E-state index in [0.29, 0.717) is 16.6 Å². The Bertz CT molecular complexity index is 599. The molecule has 0 aliphatic heterocycles. The monoisotopic (exact) mass is 333 g/mol. The molecule has 0 atom stereocenters. The highest BCUT2D eigenvalue weighted by molar-refractivity contribution is 9.10. The molecule has 0 unspecified atom stereocenters. The molecule has 19 heavy (non-hydrogen) atoms. The predicted octanol–water partition coefficient (Wildman–Crippen LogP) is 2.69. The Kier molecular flexibility index (Phi) is 3.86. The maximum absolute atomic E-state index is 13.5. The summed E-state index contributed by atoms with van der Waals surface area (Å²) in [5.41, 5.74) is 1.66. The second-order valence-electron chi connectivity index (χ2n) is 3.40. The number of hydrogen-bond donors (Lipinski definition) is 3. The Morgan fingerprint density at radius 3 is 2.37 bits per heavy atom. The highest BCUT2D eigenvalue weighted by Crippen LogP contribution is 2.28. The Hall–Kier alpha value is -1.87. The van der Waals surface area contributed by atoms with Crippen molar-refractivity contribution < 1.29 is 13.2 Å². The third-order valence-electron chi connectivity index (χ3n) is 2.12. The van der Waals surface area contributed by atoms with Crippen LogP contribution in [0.25, 0.3) is 0 Å². The number of halogens is 4. The lowest BCUT2D eigenvalue weighted by Crippen LogP contribution is -2.11. The van der Waals surface area contributed by atoms with Gasteiger partial charge in [-0.3, -0.25) is 5.43 Å². The van der Waals surface area contributed by atoms with Crippen molar-refractivity contribution in [3.63, 3.8) is 0 Å². The van der Waals surface area contributed by atoms with Gasteiger partial charge in [-0.15, -0.1) is 0 Å². The Labute approximate surface area is 114 Å². The summed E-state index contributed by atoms with van der Waals surface area (Å²) in [5.74, 6) is 2.09. The van der Waals surface area contributed by atoms with Gasteiger partial charge in [0.2, 0.25) is 5.95 Å². The largest absolute Gasteiger partial charge is 0.334 e. The van der Waals surface area contributed by atoms with Crippen LogP contribution < -0.4 is 16.6 Å². The third-order valence-corrected chi connectivity index (χ3v) is 2.70. The van der Waals surface area contributed by atoms with Crippen LogP contribution >= 0.6 is 15.9 Å². The topological polar surface area (TPSA) is 75.9 Å². The number of hydrogen-bond acceptors (Lipinski definition) is 5. The van der Waals surface area contributed by atoms with E-state index in [2.05, 4.69) is 36.6 Å². The first-order valence-electron chi connectivity index (χ1n) is 4.92. The van der Waals surface area contributed by atoms with Gasteiger partial charge in [-0.1, -0.05) is 0 Å². The van der Waals surface area contributed by atoms with Gasteiger partial charge in [0.15, 0.2) is 17.5 Å². The second kappa shape index (κ2) is 5.41. The number of aromatic nitrogens is 2. The molecular weight excluding hydrogens is 327 g/mol. The molecule has 9 heteroatoms. The molecular formula is C10H7BrF3N5. The van der Waals surface area contributed by atoms with Crippen molar-refractivity contribution in [2.24, 2.45) is 5.84 Å². The fraction of sp³-hybridized carbons (Fsp3) is 0. The van der Waals surface area contributed by atoms with E-state index in [0.717, 1.165) is 0 Å². The minimum Gasteiger partial charge on any atom is -0.334 e. The van der Waals surface area contributed by atoms with Crippen molar-refractivity contribution in [2.75, 3.05) is 10.7 Å². The number of nitrogen functional groups attached to an aromatic ring is 1. The molecule has 5 nitrogen and oxygen atoms in total. The lowest BCUT2D eigenvalue weighted by molar-refractivity contribution is 0.548. The van der Waals surface area contributed by atoms with Gasteiger partial charge in [0.1, 0.15) is 11.5 Å². The summed E-state index contributed by atoms with van der Waals surface area (Å²) in [7, 11) is 0. The summed E-state index contributed by atoms with van der Waals surface area (Å²) >= 11 is 3.11. The van der Waals surface area contributed by atoms with Crippen LogP contribution in [0.2, 0.25) is 0 Å². The first-order chi connectivity index (χ1) is 9.01. The van der Waals surface area contributed by atoms with E-state index in [-0.39, 0.29) is 11.8 Å². The Morgan fingerprint density at radius 2 is 1.79 bits per heavy atom. The molecule has 0 saturated carbocycles. The van der Waals surface area contributed by atoms with Crippen LogP contribution in [-0.4, -0.2) is 9.97 Å². The van der Waals surface area contributed by atoms with E-state index in [1.165, 1.54) is 6.20 Å². The van der Waals surface area contributed by atoms with Crippen LogP contribution in [0, 0.1) is 17.5 Å². The summed E-state index contributed by atoms with van der Waals surface area (Å²) in [5, 5.41) is 2.40. The number of hydrazine groups is 1. The van der Waals surface area contributed by atoms with Crippen LogP contribution in [0.1, 0.15) is 0 Å². The normalized spacial score (nSPS) is 10.4. The first-order valence-corrected chi connectivity index (χ1v) is 5.71. The minimum atomic E-state index is -1.08. The number of nitrogens with two attached hydrogens (primary N) is 1. The highest BCUT2D eigenvalue weighted by atomic mass is 79.9. The summed E-state index contributed by atoms with van der Waals surface area (Å²) in [6, 6.07) is 1.12. The van der Waals surface area contributed by atoms with Gasteiger partial charge in [-0.25, -0.2) is 24.0 Å². The molecule has 0 bridgehead atoms. The van der Waals surface area contributed by atoms with Gasteiger partial charge in [0.25, 0.3) is 0 Å². The van der Waals surface area contributed by atoms with E-state index in [1.807, 2.05) is 0 Å². The van der Waals surface area contributed by atoms with Gasteiger partial charge in [0.05, 0.1) is 4.47 Å². The van der Waals surface area contributed by atoms with Gasteiger partial charge >= 0.3 is 0 Å². The van der Waals surface area contributed by atoms with E-state index < -0.39 is 23.1 Å². The van der Waals surface area contributed by atoms with Gasteiger partial charge in [-0.2, -0.15) is 4.98 Å². The lowest BCUT2D eigenvalue weighted by Gasteiger charge is -2.10. The average Bonchev–Trinajstić information content (AvgIpc) is 2.35. The number of nitrogens with one attached hydrogen (secondary N) is 2. The first kappa shape index (κ1) is 13.6. The molecule has 1 aromatic carbocycles. The standard InChI is InChI=1S/C10H7BrF3N5/c11-5-3-16-10(19-15)18-9(5)17-8-6(13)1-4(12)2-7(8)14/h1-3H,15H2,(H2,16,17,18,19). The maximum atomic E-state index is 13.5. The fourth-order valence-corrected chi connectivity index (χ4v) is 1.59. The second-order valence-corrected chi connectivity index (χ2v) is 4.26. The molecule has 100 valence electrons. The van der Waals surface area contributed by atoms with Crippen LogP contribution in [-0.2, 0) is 0 Å². The molecule has 2 aromatic rings. The molecule has 0 fully saturated rings. The smallest absolute Gasteiger partial charge is 0.239 e. The summed E-state index contributed by atoms with van der Waals surface area (Å²) in [4.78, 5) is 7.63. The zero-order chi connectivity index (χ0) is 14.0. The predicted molar refractivity (Wildman–Crippen MR) is 67.1 cm³/mol. The van der Waals surface area contributed by atoms with Crippen molar-refractivity contribution in [1.29, 1.82) is 0 Å². The zero-order valence-corrected chi connectivity index (χ0v) is 10.8. The molecule has 1 aromatic heterocycles. The van der Waals surface area contributed by atoms with Crippen molar-refractivity contribution >= 4 is 33.4 Å². The number of benzene rings is 1. The number of rotatable bonds is 3. The van der Waals surface area contributed by atoms with E-state index in [4.69, 9.17) is 5.84 Å². The average molecular weight is 334 g/mol. The van der Waals surface area contributed by atoms with Crippen molar-refractivity contribution in [1.82, 2.24) is 9.97 Å². The minimum absolute atomic E-state index is 0.0497. The van der Waals surface area contributed by atoms with Gasteiger partial charge in [-0.05, 0) is 15.9 Å². The SMILES string of the molecule is NNc1ncc(Br)c(Nc2c(F)cc(F)cc2F)n1. The number of anilines is 3. The van der Waals surface area contributed by atoms with Gasteiger partial charge in [0, 0.05) is 18.3 Å². The fourth-order valence-electron chi connectivity index (χ4n) is 1.30. The molecule has 0 radical (unpaired) electrons. The molecule has 1 heterocycles. The molecule has 0 amide bonds. The summed E-state index contributed by atoms with van der Waals surface area (Å²) < 4.78 is 40.1. The van der Waals surface area contributed by atoms with E-state index in [9.17, 15) is 13.2 Å². The van der Waals surface area contributed by atoms with Crippen molar-refractivity contribution in [2.45, 2.75) is 0 Å². The van der Waals surface area contributed by atoms with E-state index >= 15 is 0 Å². The quantitative estimate of drug-likeness (QED) is 0.594. The van der Waals surface area contributed by atoms with Crippen LogP contribution in [0.4, 0.5) is 30.6 Å². The zero-order valence-electron chi connectivity index (χ0n) is 9.22. The van der Waals surface area contributed by atoms with Crippen LogP contribution in [0.5, 0.6) is 0 Å². The molecule has 4 N–H and O–H groups in total. The van der Waals surface area contributed by atoms with Crippen LogP contribution in [0.15, 0.2) is 22.8 Å². The molecule has 0 spiro atoms. The number of nitrogens with zero attached hydrogens (tertiary/aromatic N) is 2.